The first kappa shape index (κ1) is 14.4. The van der Waals surface area contributed by atoms with Crippen LogP contribution in [0, 0.1) is 0 Å². The van der Waals surface area contributed by atoms with E-state index in [0.29, 0.717) is 26.4 Å². The molecule has 0 aliphatic carbocycles. The van der Waals surface area contributed by atoms with Crippen LogP contribution in [0.1, 0.15) is 12.5 Å². The van der Waals surface area contributed by atoms with Crippen molar-refractivity contribution in [1.82, 2.24) is 4.90 Å². The van der Waals surface area contributed by atoms with Crippen molar-refractivity contribution >= 4 is 11.6 Å². The molecule has 0 N–H and O–H groups in total. The van der Waals surface area contributed by atoms with E-state index in [1.807, 2.05) is 17.0 Å². The quantitative estimate of drug-likeness (QED) is 0.781. The number of benzene rings is 1. The molecule has 0 saturated carbocycles. The lowest BCUT2D eigenvalue weighted by atomic mass is 10.1. The highest BCUT2D eigenvalue weighted by atomic mass is 16.6. The molecular formula is C16H22N2O3. The average Bonchev–Trinajstić information content (AvgIpc) is 2.64. The SMILES string of the molecule is C[C@@H]1CN(C)c2ccccc2CN1C(=O)[C@H]1COCCO1. The smallest absolute Gasteiger partial charge is 0.254 e. The molecular weight excluding hydrogens is 268 g/mol. The summed E-state index contributed by atoms with van der Waals surface area (Å²) < 4.78 is 10.9. The first-order valence-electron chi connectivity index (χ1n) is 7.45. The van der Waals surface area contributed by atoms with E-state index in [9.17, 15) is 4.79 Å². The molecule has 1 saturated heterocycles. The molecule has 2 aliphatic rings. The standard InChI is InChI=1S/C16H22N2O3/c1-12-9-17(2)14-6-4-3-5-13(14)10-18(12)16(19)15-11-20-7-8-21-15/h3-6,12,15H,7-11H2,1-2H3/t12-,15-/m1/s1. The van der Waals surface area contributed by atoms with E-state index < -0.39 is 6.10 Å². The number of carbonyl (C=O) groups excluding carboxylic acids is 1. The molecule has 2 aliphatic heterocycles. The lowest BCUT2D eigenvalue weighted by Gasteiger charge is -2.32. The lowest BCUT2D eigenvalue weighted by molar-refractivity contribution is -0.160. The Hall–Kier alpha value is -1.59. The van der Waals surface area contributed by atoms with Crippen molar-refractivity contribution < 1.29 is 14.3 Å². The first-order chi connectivity index (χ1) is 10.2. The molecule has 0 radical (unpaired) electrons. The van der Waals surface area contributed by atoms with Crippen LogP contribution in [0.25, 0.3) is 0 Å². The van der Waals surface area contributed by atoms with Crippen LogP contribution >= 0.6 is 0 Å². The number of rotatable bonds is 1. The molecule has 5 heteroatoms. The Morgan fingerprint density at radius 2 is 2.10 bits per heavy atom. The van der Waals surface area contributed by atoms with Crippen LogP contribution < -0.4 is 4.90 Å². The van der Waals surface area contributed by atoms with E-state index in [4.69, 9.17) is 9.47 Å². The van der Waals surface area contributed by atoms with E-state index in [2.05, 4.69) is 31.0 Å². The summed E-state index contributed by atoms with van der Waals surface area (Å²) >= 11 is 0. The molecule has 0 unspecified atom stereocenters. The van der Waals surface area contributed by atoms with Gasteiger partial charge in [-0.25, -0.2) is 0 Å². The maximum absolute atomic E-state index is 12.7. The monoisotopic (exact) mass is 290 g/mol. The zero-order chi connectivity index (χ0) is 14.8. The molecule has 1 fully saturated rings. The number of fused-ring (bicyclic) bond motifs is 1. The minimum atomic E-state index is -0.461. The van der Waals surface area contributed by atoms with Crippen molar-refractivity contribution in [2.24, 2.45) is 0 Å². The van der Waals surface area contributed by atoms with Gasteiger partial charge in [-0.3, -0.25) is 4.79 Å². The van der Waals surface area contributed by atoms with Crippen molar-refractivity contribution in [2.45, 2.75) is 25.6 Å². The van der Waals surface area contributed by atoms with E-state index >= 15 is 0 Å². The van der Waals surface area contributed by atoms with E-state index in [0.717, 1.165) is 6.54 Å². The summed E-state index contributed by atoms with van der Waals surface area (Å²) in [5.41, 5.74) is 2.37. The summed E-state index contributed by atoms with van der Waals surface area (Å²) in [6.45, 7) is 4.96. The van der Waals surface area contributed by atoms with Gasteiger partial charge >= 0.3 is 0 Å². The van der Waals surface area contributed by atoms with Crippen LogP contribution in [0.4, 0.5) is 5.69 Å². The van der Waals surface area contributed by atoms with Gasteiger partial charge in [0.2, 0.25) is 0 Å². The van der Waals surface area contributed by atoms with Crippen molar-refractivity contribution in [3.63, 3.8) is 0 Å². The Labute approximate surface area is 125 Å². The predicted octanol–water partition coefficient (Wildman–Crippen LogP) is 1.27. The number of carbonyl (C=O) groups is 1. The summed E-state index contributed by atoms with van der Waals surface area (Å²) in [6, 6.07) is 8.39. The van der Waals surface area contributed by atoms with Crippen LogP contribution in [0.5, 0.6) is 0 Å². The second-order valence-corrected chi connectivity index (χ2v) is 5.76. The molecule has 5 nitrogen and oxygen atoms in total. The zero-order valence-electron chi connectivity index (χ0n) is 12.6. The molecule has 1 amide bonds. The van der Waals surface area contributed by atoms with Crippen molar-refractivity contribution in [1.29, 1.82) is 0 Å². The fraction of sp³-hybridized carbons (Fsp3) is 0.562. The van der Waals surface area contributed by atoms with Crippen LogP contribution in [-0.4, -0.2) is 56.4 Å². The van der Waals surface area contributed by atoms with Crippen LogP contribution in [0.15, 0.2) is 24.3 Å². The average molecular weight is 290 g/mol. The molecule has 0 aromatic heterocycles. The molecule has 2 atom stereocenters. The van der Waals surface area contributed by atoms with E-state index in [-0.39, 0.29) is 11.9 Å². The number of nitrogens with zero attached hydrogens (tertiary/aromatic N) is 2. The van der Waals surface area contributed by atoms with Crippen LogP contribution in [0.3, 0.4) is 0 Å². The topological polar surface area (TPSA) is 42.0 Å². The van der Waals surface area contributed by atoms with Crippen molar-refractivity contribution in [2.75, 3.05) is 38.3 Å². The fourth-order valence-corrected chi connectivity index (χ4v) is 3.06. The first-order valence-corrected chi connectivity index (χ1v) is 7.45. The van der Waals surface area contributed by atoms with Gasteiger partial charge in [0, 0.05) is 31.9 Å². The third-order valence-electron chi connectivity index (χ3n) is 4.19. The second-order valence-electron chi connectivity index (χ2n) is 5.76. The highest BCUT2D eigenvalue weighted by molar-refractivity contribution is 5.82. The highest BCUT2D eigenvalue weighted by Crippen LogP contribution is 2.26. The number of likely N-dealkylation sites (N-methyl/N-ethyl adjacent to an activating group) is 1. The number of ether oxygens (including phenoxy) is 2. The summed E-state index contributed by atoms with van der Waals surface area (Å²) in [5, 5.41) is 0. The van der Waals surface area contributed by atoms with E-state index in [1.54, 1.807) is 0 Å². The number of amides is 1. The molecule has 0 bridgehead atoms. The van der Waals surface area contributed by atoms with Gasteiger partial charge in [0.05, 0.1) is 19.8 Å². The van der Waals surface area contributed by atoms with Crippen molar-refractivity contribution in [3.05, 3.63) is 29.8 Å². The maximum Gasteiger partial charge on any atom is 0.254 e. The summed E-state index contributed by atoms with van der Waals surface area (Å²) in [5.74, 6) is 0.0345. The Bertz CT molecular complexity index is 514. The minimum absolute atomic E-state index is 0.0345. The van der Waals surface area contributed by atoms with Gasteiger partial charge in [-0.1, -0.05) is 18.2 Å². The molecule has 1 aromatic rings. The Balaban J connectivity index is 1.83. The third kappa shape index (κ3) is 2.89. The molecule has 3 rings (SSSR count). The highest BCUT2D eigenvalue weighted by Gasteiger charge is 2.33. The summed E-state index contributed by atoms with van der Waals surface area (Å²) in [4.78, 5) is 16.9. The zero-order valence-corrected chi connectivity index (χ0v) is 12.6. The molecule has 114 valence electrons. The van der Waals surface area contributed by atoms with Crippen LogP contribution in [0.2, 0.25) is 0 Å². The van der Waals surface area contributed by atoms with Gasteiger partial charge in [0.15, 0.2) is 6.10 Å². The Morgan fingerprint density at radius 1 is 1.29 bits per heavy atom. The van der Waals surface area contributed by atoms with Crippen LogP contribution in [-0.2, 0) is 20.8 Å². The molecule has 2 heterocycles. The largest absolute Gasteiger partial charge is 0.376 e. The third-order valence-corrected chi connectivity index (χ3v) is 4.19. The maximum atomic E-state index is 12.7. The normalized spacial score (nSPS) is 26.2. The Kier molecular flexibility index (Phi) is 4.12. The van der Waals surface area contributed by atoms with Gasteiger partial charge < -0.3 is 19.3 Å². The fourth-order valence-electron chi connectivity index (χ4n) is 3.06. The van der Waals surface area contributed by atoms with Gasteiger partial charge in [-0.15, -0.1) is 0 Å². The Morgan fingerprint density at radius 3 is 2.86 bits per heavy atom. The minimum Gasteiger partial charge on any atom is -0.376 e. The van der Waals surface area contributed by atoms with Gasteiger partial charge in [0.1, 0.15) is 0 Å². The molecule has 21 heavy (non-hydrogen) atoms. The van der Waals surface area contributed by atoms with Gasteiger partial charge in [-0.2, -0.15) is 0 Å². The van der Waals surface area contributed by atoms with Gasteiger partial charge in [0.25, 0.3) is 5.91 Å². The van der Waals surface area contributed by atoms with Crippen molar-refractivity contribution in [3.8, 4) is 0 Å². The number of hydrogen-bond acceptors (Lipinski definition) is 4. The van der Waals surface area contributed by atoms with Gasteiger partial charge in [-0.05, 0) is 18.6 Å². The van der Waals surface area contributed by atoms with E-state index in [1.165, 1.54) is 11.3 Å². The summed E-state index contributed by atoms with van der Waals surface area (Å²) in [6.07, 6.45) is -0.461. The number of hydrogen-bond donors (Lipinski definition) is 0. The second kappa shape index (κ2) is 6.03. The summed E-state index contributed by atoms with van der Waals surface area (Å²) in [7, 11) is 2.07. The number of para-hydroxylation sites is 1. The predicted molar refractivity (Wildman–Crippen MR) is 80.3 cm³/mol. The number of anilines is 1. The molecule has 1 aromatic carbocycles. The molecule has 0 spiro atoms. The lowest BCUT2D eigenvalue weighted by Crippen LogP contribution is -2.49.